The average molecular weight is 397 g/mol. The van der Waals surface area contributed by atoms with Crippen molar-refractivity contribution in [2.24, 2.45) is 0 Å². The first kappa shape index (κ1) is 19.8. The maximum Gasteiger partial charge on any atom is 0.257 e. The molecule has 7 heteroatoms. The maximum atomic E-state index is 13.1. The highest BCUT2D eigenvalue weighted by atomic mass is 32.1. The Bertz CT molecular complexity index is 956. The Balaban J connectivity index is 1.90. The van der Waals surface area contributed by atoms with Crippen LogP contribution in [0.25, 0.3) is 16.3 Å². The van der Waals surface area contributed by atoms with Gasteiger partial charge in [-0.1, -0.05) is 24.3 Å². The molecule has 0 saturated heterocycles. The molecule has 0 unspecified atom stereocenters. The number of aromatic nitrogens is 2. The third kappa shape index (κ3) is 4.67. The lowest BCUT2D eigenvalue weighted by Gasteiger charge is -2.23. The molecule has 28 heavy (non-hydrogen) atoms. The minimum atomic E-state index is -0.346. The van der Waals surface area contributed by atoms with E-state index in [4.69, 9.17) is 0 Å². The first-order valence-electron chi connectivity index (χ1n) is 9.00. The number of thiophene rings is 1. The van der Waals surface area contributed by atoms with Gasteiger partial charge in [0.25, 0.3) is 5.91 Å². The van der Waals surface area contributed by atoms with Crippen LogP contribution in [-0.4, -0.2) is 45.6 Å². The van der Waals surface area contributed by atoms with Crippen molar-refractivity contribution in [2.45, 2.75) is 26.3 Å². The van der Waals surface area contributed by atoms with Crippen molar-refractivity contribution >= 4 is 23.2 Å². The molecular formula is C21H24N4O2S. The van der Waals surface area contributed by atoms with Crippen LogP contribution >= 0.6 is 11.3 Å². The van der Waals surface area contributed by atoms with Crippen molar-refractivity contribution in [3.8, 4) is 16.3 Å². The molecule has 0 atom stereocenters. The van der Waals surface area contributed by atoms with Crippen LogP contribution in [0.1, 0.15) is 31.1 Å². The van der Waals surface area contributed by atoms with Crippen LogP contribution in [0, 0.1) is 0 Å². The Hall–Kier alpha value is -2.93. The number of amides is 2. The van der Waals surface area contributed by atoms with Gasteiger partial charge in [-0.15, -0.1) is 11.3 Å². The second-order valence-electron chi connectivity index (χ2n) is 7.61. The number of nitrogens with zero attached hydrogens (tertiary/aromatic N) is 3. The van der Waals surface area contributed by atoms with Crippen LogP contribution in [0.2, 0.25) is 0 Å². The fraction of sp³-hybridized carbons (Fsp3) is 0.286. The summed E-state index contributed by atoms with van der Waals surface area (Å²) < 4.78 is 1.70. The molecule has 6 nitrogen and oxygen atoms in total. The van der Waals surface area contributed by atoms with Gasteiger partial charge in [0.05, 0.1) is 22.7 Å². The van der Waals surface area contributed by atoms with E-state index in [1.807, 2.05) is 68.6 Å². The lowest BCUT2D eigenvalue weighted by Crippen LogP contribution is -2.46. The van der Waals surface area contributed by atoms with E-state index in [2.05, 4.69) is 10.4 Å². The number of hydrogen-bond donors (Lipinski definition) is 1. The van der Waals surface area contributed by atoms with Gasteiger partial charge in [0.1, 0.15) is 5.69 Å². The van der Waals surface area contributed by atoms with E-state index in [1.54, 1.807) is 17.9 Å². The summed E-state index contributed by atoms with van der Waals surface area (Å²) in [5.74, 6) is -0.439. The van der Waals surface area contributed by atoms with Gasteiger partial charge < -0.3 is 10.2 Å². The molecular weight excluding hydrogens is 372 g/mol. The Morgan fingerprint density at radius 2 is 1.86 bits per heavy atom. The van der Waals surface area contributed by atoms with Gasteiger partial charge in [-0.25, -0.2) is 4.68 Å². The molecule has 3 rings (SSSR count). The zero-order valence-corrected chi connectivity index (χ0v) is 17.3. The molecule has 0 spiro atoms. The molecule has 2 heterocycles. The molecule has 0 aliphatic carbocycles. The van der Waals surface area contributed by atoms with Crippen molar-refractivity contribution in [3.05, 3.63) is 59.6 Å². The summed E-state index contributed by atoms with van der Waals surface area (Å²) in [4.78, 5) is 27.7. The first-order valence-corrected chi connectivity index (χ1v) is 9.88. The zero-order valence-electron chi connectivity index (χ0n) is 16.5. The first-order chi connectivity index (χ1) is 13.2. The number of carbonyl (C=O) groups is 2. The Morgan fingerprint density at radius 1 is 1.14 bits per heavy atom. The number of rotatable bonds is 5. The second-order valence-corrected chi connectivity index (χ2v) is 8.56. The summed E-state index contributed by atoms with van der Waals surface area (Å²) in [6.45, 7) is 5.71. The van der Waals surface area contributed by atoms with Crippen LogP contribution < -0.4 is 5.32 Å². The largest absolute Gasteiger partial charge is 0.350 e. The van der Waals surface area contributed by atoms with E-state index >= 15 is 0 Å². The monoisotopic (exact) mass is 396 g/mol. The van der Waals surface area contributed by atoms with E-state index in [9.17, 15) is 9.59 Å². The second kappa shape index (κ2) is 7.98. The van der Waals surface area contributed by atoms with Crippen molar-refractivity contribution in [2.75, 3.05) is 13.6 Å². The molecule has 1 aromatic carbocycles. The summed E-state index contributed by atoms with van der Waals surface area (Å²) in [6, 6.07) is 13.5. The number of para-hydroxylation sites is 1. The molecule has 146 valence electrons. The molecule has 0 radical (unpaired) electrons. The van der Waals surface area contributed by atoms with E-state index in [1.165, 1.54) is 16.2 Å². The maximum absolute atomic E-state index is 13.1. The highest BCUT2D eigenvalue weighted by Gasteiger charge is 2.24. The quantitative estimate of drug-likeness (QED) is 0.717. The van der Waals surface area contributed by atoms with E-state index in [0.717, 1.165) is 10.6 Å². The van der Waals surface area contributed by atoms with Gasteiger partial charge in [-0.05, 0) is 44.4 Å². The summed E-state index contributed by atoms with van der Waals surface area (Å²) in [5.41, 5.74) is 1.61. The number of benzene rings is 1. The van der Waals surface area contributed by atoms with Gasteiger partial charge in [0, 0.05) is 18.8 Å². The zero-order chi connectivity index (χ0) is 20.3. The summed E-state index contributed by atoms with van der Waals surface area (Å²) >= 11 is 1.52. The number of likely N-dealkylation sites (N-methyl/N-ethyl adjacent to an activating group) is 1. The Kier molecular flexibility index (Phi) is 5.65. The van der Waals surface area contributed by atoms with Crippen molar-refractivity contribution in [1.29, 1.82) is 0 Å². The molecule has 1 N–H and O–H groups in total. The topological polar surface area (TPSA) is 67.2 Å². The number of hydrogen-bond acceptors (Lipinski definition) is 4. The third-order valence-electron chi connectivity index (χ3n) is 3.96. The van der Waals surface area contributed by atoms with Gasteiger partial charge in [-0.3, -0.25) is 9.59 Å². The van der Waals surface area contributed by atoms with E-state index < -0.39 is 0 Å². The van der Waals surface area contributed by atoms with E-state index in [-0.39, 0.29) is 23.9 Å². The summed E-state index contributed by atoms with van der Waals surface area (Å²) in [6.07, 6.45) is 1.73. The van der Waals surface area contributed by atoms with Gasteiger partial charge in [0.2, 0.25) is 5.91 Å². The van der Waals surface area contributed by atoms with Crippen LogP contribution in [-0.2, 0) is 4.79 Å². The van der Waals surface area contributed by atoms with Crippen LogP contribution in [0.15, 0.2) is 54.0 Å². The van der Waals surface area contributed by atoms with Crippen molar-refractivity contribution in [3.63, 3.8) is 0 Å². The predicted molar refractivity (Wildman–Crippen MR) is 112 cm³/mol. The molecule has 0 aliphatic rings. The van der Waals surface area contributed by atoms with Gasteiger partial charge in [0.15, 0.2) is 0 Å². The Morgan fingerprint density at radius 3 is 2.46 bits per heavy atom. The molecule has 0 bridgehead atoms. The molecule has 0 fully saturated rings. The van der Waals surface area contributed by atoms with Crippen LogP contribution in [0.4, 0.5) is 0 Å². The predicted octanol–water partition coefficient (Wildman–Crippen LogP) is 3.59. The van der Waals surface area contributed by atoms with Gasteiger partial charge >= 0.3 is 0 Å². The minimum Gasteiger partial charge on any atom is -0.350 e. The van der Waals surface area contributed by atoms with Crippen LogP contribution in [0.3, 0.4) is 0 Å². The highest BCUT2D eigenvalue weighted by molar-refractivity contribution is 7.13. The standard InChI is InChI=1S/C21H24N4O2S/c1-21(2,3)22-18(26)14-24(4)20(27)16-13-25(15-9-6-5-7-10-15)23-19(16)17-11-8-12-28-17/h5-13H,14H2,1-4H3,(H,22,26). The molecule has 0 saturated carbocycles. The smallest absolute Gasteiger partial charge is 0.257 e. The third-order valence-corrected chi connectivity index (χ3v) is 4.84. The number of nitrogens with one attached hydrogen (secondary N) is 1. The van der Waals surface area contributed by atoms with E-state index in [0.29, 0.717) is 11.3 Å². The molecule has 2 amide bonds. The normalized spacial score (nSPS) is 11.3. The average Bonchev–Trinajstić information content (AvgIpc) is 3.29. The lowest BCUT2D eigenvalue weighted by molar-refractivity contribution is -0.122. The fourth-order valence-electron chi connectivity index (χ4n) is 2.79. The SMILES string of the molecule is CN(CC(=O)NC(C)(C)C)C(=O)c1cn(-c2ccccc2)nc1-c1cccs1. The van der Waals surface area contributed by atoms with Crippen molar-refractivity contribution < 1.29 is 9.59 Å². The Labute approximate surface area is 168 Å². The van der Waals surface area contributed by atoms with Gasteiger partial charge in [-0.2, -0.15) is 5.10 Å². The molecule has 2 aromatic heterocycles. The summed E-state index contributed by atoms with van der Waals surface area (Å²) in [5, 5.41) is 9.47. The number of carbonyl (C=O) groups excluding carboxylic acids is 2. The summed E-state index contributed by atoms with van der Waals surface area (Å²) in [7, 11) is 1.63. The highest BCUT2D eigenvalue weighted by Crippen LogP contribution is 2.28. The van der Waals surface area contributed by atoms with Crippen LogP contribution in [0.5, 0.6) is 0 Å². The molecule has 3 aromatic rings. The van der Waals surface area contributed by atoms with Crippen molar-refractivity contribution in [1.82, 2.24) is 20.0 Å². The molecule has 0 aliphatic heterocycles. The fourth-order valence-corrected chi connectivity index (χ4v) is 3.51. The lowest BCUT2D eigenvalue weighted by atomic mass is 10.1. The minimum absolute atomic E-state index is 0.0174.